The van der Waals surface area contributed by atoms with E-state index >= 15 is 0 Å². The zero-order chi connectivity index (χ0) is 17.5. The maximum Gasteiger partial charge on any atom is 0.232 e. The van der Waals surface area contributed by atoms with Crippen LogP contribution in [0.15, 0.2) is 18.2 Å². The maximum atomic E-state index is 12.1. The average Bonchev–Trinajstić information content (AvgIpc) is 2.50. The molecule has 0 saturated carbocycles. The SMILES string of the molecule is CCCC(=O)NCCN(c1cc(OC)ccc1OC)S(C)(=O)=O. The summed E-state index contributed by atoms with van der Waals surface area (Å²) < 4.78 is 35.8. The highest BCUT2D eigenvalue weighted by molar-refractivity contribution is 7.92. The summed E-state index contributed by atoms with van der Waals surface area (Å²) in [4.78, 5) is 11.5. The third-order valence-electron chi connectivity index (χ3n) is 3.17. The van der Waals surface area contributed by atoms with Gasteiger partial charge < -0.3 is 14.8 Å². The minimum atomic E-state index is -3.54. The van der Waals surface area contributed by atoms with Gasteiger partial charge in [-0.25, -0.2) is 8.42 Å². The third-order valence-corrected chi connectivity index (χ3v) is 4.35. The van der Waals surface area contributed by atoms with E-state index in [0.29, 0.717) is 23.6 Å². The second-order valence-electron chi connectivity index (χ2n) is 4.97. The van der Waals surface area contributed by atoms with Crippen LogP contribution in [-0.2, 0) is 14.8 Å². The van der Waals surface area contributed by atoms with Crippen molar-refractivity contribution in [1.29, 1.82) is 0 Å². The number of nitrogens with zero attached hydrogens (tertiary/aromatic N) is 1. The van der Waals surface area contributed by atoms with Gasteiger partial charge in [0.1, 0.15) is 11.5 Å². The van der Waals surface area contributed by atoms with Crippen LogP contribution in [0.3, 0.4) is 0 Å². The molecule has 0 radical (unpaired) electrons. The van der Waals surface area contributed by atoms with Crippen LogP contribution in [0.1, 0.15) is 19.8 Å². The van der Waals surface area contributed by atoms with Crippen molar-refractivity contribution >= 4 is 21.6 Å². The molecule has 1 amide bonds. The lowest BCUT2D eigenvalue weighted by Gasteiger charge is -2.24. The first-order valence-corrected chi connectivity index (χ1v) is 9.14. The smallest absolute Gasteiger partial charge is 0.232 e. The van der Waals surface area contributed by atoms with Crippen LogP contribution in [0.4, 0.5) is 5.69 Å². The van der Waals surface area contributed by atoms with Crippen LogP contribution in [0.2, 0.25) is 0 Å². The minimum absolute atomic E-state index is 0.0986. The lowest BCUT2D eigenvalue weighted by molar-refractivity contribution is -0.121. The summed E-state index contributed by atoms with van der Waals surface area (Å²) in [5.41, 5.74) is 0.374. The molecule has 0 atom stereocenters. The van der Waals surface area contributed by atoms with Gasteiger partial charge in [-0.1, -0.05) is 6.92 Å². The molecule has 7 nitrogen and oxygen atoms in total. The van der Waals surface area contributed by atoms with Crippen molar-refractivity contribution in [2.24, 2.45) is 0 Å². The molecule has 0 aromatic heterocycles. The molecule has 0 saturated heterocycles. The molecule has 1 N–H and O–H groups in total. The number of anilines is 1. The topological polar surface area (TPSA) is 84.9 Å². The van der Waals surface area contributed by atoms with E-state index in [1.54, 1.807) is 18.2 Å². The Labute approximate surface area is 137 Å². The number of rotatable bonds is 9. The Bertz CT molecular complexity index is 631. The monoisotopic (exact) mass is 344 g/mol. The average molecular weight is 344 g/mol. The summed E-state index contributed by atoms with van der Waals surface area (Å²) in [6.45, 7) is 2.23. The van der Waals surface area contributed by atoms with Gasteiger partial charge >= 0.3 is 0 Å². The Morgan fingerprint density at radius 1 is 1.26 bits per heavy atom. The van der Waals surface area contributed by atoms with E-state index in [-0.39, 0.29) is 19.0 Å². The molecule has 130 valence electrons. The zero-order valence-corrected chi connectivity index (χ0v) is 14.8. The number of nitrogens with one attached hydrogen (secondary N) is 1. The van der Waals surface area contributed by atoms with Crippen LogP contribution in [0, 0.1) is 0 Å². The molecule has 0 aliphatic carbocycles. The van der Waals surface area contributed by atoms with Gasteiger partial charge in [-0.3, -0.25) is 9.10 Å². The summed E-state index contributed by atoms with van der Waals surface area (Å²) in [5.74, 6) is 0.833. The Balaban J connectivity index is 3.01. The van der Waals surface area contributed by atoms with Crippen molar-refractivity contribution in [1.82, 2.24) is 5.32 Å². The van der Waals surface area contributed by atoms with Crippen molar-refractivity contribution < 1.29 is 22.7 Å². The van der Waals surface area contributed by atoms with Crippen molar-refractivity contribution in [3.8, 4) is 11.5 Å². The first kappa shape index (κ1) is 19.1. The largest absolute Gasteiger partial charge is 0.497 e. The first-order chi connectivity index (χ1) is 10.8. The van der Waals surface area contributed by atoms with Crippen molar-refractivity contribution in [2.45, 2.75) is 19.8 Å². The van der Waals surface area contributed by atoms with E-state index in [9.17, 15) is 13.2 Å². The Kier molecular flexibility index (Phi) is 7.15. The van der Waals surface area contributed by atoms with Crippen LogP contribution in [0.25, 0.3) is 0 Å². The number of benzene rings is 1. The fraction of sp³-hybridized carbons (Fsp3) is 0.533. The molecule has 8 heteroatoms. The second-order valence-corrected chi connectivity index (χ2v) is 6.88. The van der Waals surface area contributed by atoms with Gasteiger partial charge in [-0.2, -0.15) is 0 Å². The highest BCUT2D eigenvalue weighted by Crippen LogP contribution is 2.33. The van der Waals surface area contributed by atoms with E-state index < -0.39 is 10.0 Å². The normalized spacial score (nSPS) is 11.0. The van der Waals surface area contributed by atoms with E-state index in [1.165, 1.54) is 18.5 Å². The number of amides is 1. The summed E-state index contributed by atoms with van der Waals surface area (Å²) in [6, 6.07) is 4.92. The number of hydrogen-bond donors (Lipinski definition) is 1. The molecule has 0 unspecified atom stereocenters. The van der Waals surface area contributed by atoms with Crippen LogP contribution >= 0.6 is 0 Å². The molecule has 23 heavy (non-hydrogen) atoms. The lowest BCUT2D eigenvalue weighted by Crippen LogP contribution is -2.38. The second kappa shape index (κ2) is 8.61. The number of ether oxygens (including phenoxy) is 2. The number of carbonyl (C=O) groups excluding carboxylic acids is 1. The van der Waals surface area contributed by atoms with Gasteiger partial charge in [0.15, 0.2) is 0 Å². The van der Waals surface area contributed by atoms with Gasteiger partial charge in [0.25, 0.3) is 0 Å². The van der Waals surface area contributed by atoms with Crippen molar-refractivity contribution in [2.75, 3.05) is 37.9 Å². The van der Waals surface area contributed by atoms with Gasteiger partial charge in [-0.05, 0) is 18.6 Å². The fourth-order valence-electron chi connectivity index (χ4n) is 2.07. The summed E-state index contributed by atoms with van der Waals surface area (Å²) in [6.07, 6.45) is 2.27. The third kappa shape index (κ3) is 5.63. The molecule has 0 fully saturated rings. The number of carbonyl (C=O) groups is 1. The minimum Gasteiger partial charge on any atom is -0.497 e. The van der Waals surface area contributed by atoms with Gasteiger partial charge in [0.05, 0.1) is 32.7 Å². The molecule has 1 aromatic carbocycles. The highest BCUT2D eigenvalue weighted by Gasteiger charge is 2.21. The first-order valence-electron chi connectivity index (χ1n) is 7.30. The standard InChI is InChI=1S/C15H24N2O5S/c1-5-6-15(18)16-9-10-17(23(4,19)20)13-11-12(21-2)7-8-14(13)22-3/h7-8,11H,5-6,9-10H2,1-4H3,(H,16,18). The number of hydrogen-bond acceptors (Lipinski definition) is 5. The summed E-state index contributed by atoms with van der Waals surface area (Å²) in [7, 11) is -0.571. The molecule has 0 bridgehead atoms. The summed E-state index contributed by atoms with van der Waals surface area (Å²) in [5, 5.41) is 2.70. The van der Waals surface area contributed by atoms with Crippen molar-refractivity contribution in [3.05, 3.63) is 18.2 Å². The predicted molar refractivity (Wildman–Crippen MR) is 89.7 cm³/mol. The predicted octanol–water partition coefficient (Wildman–Crippen LogP) is 1.39. The maximum absolute atomic E-state index is 12.1. The molecule has 0 aliphatic rings. The van der Waals surface area contributed by atoms with Gasteiger partial charge in [-0.15, -0.1) is 0 Å². The summed E-state index contributed by atoms with van der Waals surface area (Å²) >= 11 is 0. The Hall–Kier alpha value is -1.96. The van der Waals surface area contributed by atoms with Gasteiger partial charge in [0.2, 0.25) is 15.9 Å². The Morgan fingerprint density at radius 2 is 1.96 bits per heavy atom. The molecule has 0 spiro atoms. The molecule has 0 heterocycles. The van der Waals surface area contributed by atoms with Crippen LogP contribution < -0.4 is 19.1 Å². The molecule has 1 aromatic rings. The quantitative estimate of drug-likeness (QED) is 0.732. The molecular weight excluding hydrogens is 320 g/mol. The highest BCUT2D eigenvalue weighted by atomic mass is 32.2. The fourth-order valence-corrected chi connectivity index (χ4v) is 2.99. The molecule has 0 aliphatic heterocycles. The Morgan fingerprint density at radius 3 is 2.48 bits per heavy atom. The zero-order valence-electron chi connectivity index (χ0n) is 14.0. The molecular formula is C15H24N2O5S. The van der Waals surface area contributed by atoms with Gasteiger partial charge in [0, 0.05) is 19.0 Å². The van der Waals surface area contributed by atoms with E-state index in [4.69, 9.17) is 9.47 Å². The van der Waals surface area contributed by atoms with Crippen LogP contribution in [0.5, 0.6) is 11.5 Å². The van der Waals surface area contributed by atoms with Crippen LogP contribution in [-0.4, -0.2) is 47.9 Å². The number of sulfonamides is 1. The number of methoxy groups -OCH3 is 2. The van der Waals surface area contributed by atoms with E-state index in [2.05, 4.69) is 5.32 Å². The van der Waals surface area contributed by atoms with E-state index in [1.807, 2.05) is 6.92 Å². The van der Waals surface area contributed by atoms with Crippen molar-refractivity contribution in [3.63, 3.8) is 0 Å². The molecule has 1 rings (SSSR count). The van der Waals surface area contributed by atoms with E-state index in [0.717, 1.165) is 12.7 Å². The lowest BCUT2D eigenvalue weighted by atomic mass is 10.2.